The summed E-state index contributed by atoms with van der Waals surface area (Å²) < 4.78 is 0. The zero-order chi connectivity index (χ0) is 9.94. The predicted octanol–water partition coefficient (Wildman–Crippen LogP) is 0.802. The van der Waals surface area contributed by atoms with E-state index in [0.717, 1.165) is 12.8 Å². The summed E-state index contributed by atoms with van der Waals surface area (Å²) in [6, 6.07) is 0. The lowest BCUT2D eigenvalue weighted by Crippen LogP contribution is -2.29. The lowest BCUT2D eigenvalue weighted by Gasteiger charge is -2.24. The van der Waals surface area contributed by atoms with Crippen LogP contribution in [-0.2, 0) is 4.79 Å². The summed E-state index contributed by atoms with van der Waals surface area (Å²) in [5.41, 5.74) is 4.50. The summed E-state index contributed by atoms with van der Waals surface area (Å²) in [4.78, 5) is 12.3. The Bertz CT molecular complexity index is 140. The molecule has 1 aliphatic heterocycles. The van der Waals surface area contributed by atoms with Gasteiger partial charge in [0, 0.05) is 6.54 Å². The van der Waals surface area contributed by atoms with E-state index in [1.165, 1.54) is 39.4 Å². The van der Waals surface area contributed by atoms with Gasteiger partial charge in [0.15, 0.2) is 0 Å². The average molecular weight is 184 g/mol. The number of piperidine rings is 1. The molecular formula is C10H20N2O. The lowest BCUT2D eigenvalue weighted by atomic mass is 10.1. The lowest BCUT2D eigenvalue weighted by molar-refractivity contribution is -0.104. The number of hydrogen-bond donors (Lipinski definition) is 1. The third-order valence-electron chi connectivity index (χ3n) is 2.03. The van der Waals surface area contributed by atoms with Crippen molar-refractivity contribution in [3.05, 3.63) is 12.2 Å². The van der Waals surface area contributed by atoms with E-state index < -0.39 is 0 Å². The maximum absolute atomic E-state index is 9.94. The molecule has 13 heavy (non-hydrogen) atoms. The van der Waals surface area contributed by atoms with Gasteiger partial charge in [0.2, 0.25) is 0 Å². The summed E-state index contributed by atoms with van der Waals surface area (Å²) in [5.74, 6) is 0. The topological polar surface area (TPSA) is 46.3 Å². The molecule has 0 aromatic rings. The second-order valence-corrected chi connectivity index (χ2v) is 2.93. The number of carbonyl (C=O) groups excluding carboxylic acids is 1. The number of carbonyl (C=O) groups is 1. The molecule has 0 radical (unpaired) electrons. The molecule has 1 heterocycles. The van der Waals surface area contributed by atoms with E-state index >= 15 is 0 Å². The van der Waals surface area contributed by atoms with Crippen molar-refractivity contribution in [1.82, 2.24) is 4.90 Å². The van der Waals surface area contributed by atoms with Crippen LogP contribution in [0.3, 0.4) is 0 Å². The number of allylic oxidation sites excluding steroid dienone is 1. The first-order chi connectivity index (χ1) is 6.43. The number of aldehydes is 1. The molecule has 3 heteroatoms. The van der Waals surface area contributed by atoms with Gasteiger partial charge in [0.1, 0.15) is 6.29 Å². The van der Waals surface area contributed by atoms with Crippen LogP contribution in [0.1, 0.15) is 19.3 Å². The Hall–Kier alpha value is -0.670. The Morgan fingerprint density at radius 1 is 1.23 bits per heavy atom. The Morgan fingerprint density at radius 2 is 1.85 bits per heavy atom. The van der Waals surface area contributed by atoms with Crippen LogP contribution in [0.5, 0.6) is 0 Å². The van der Waals surface area contributed by atoms with Crippen LogP contribution < -0.4 is 5.73 Å². The number of nitrogens with two attached hydrogens (primary N) is 1. The van der Waals surface area contributed by atoms with Crippen molar-refractivity contribution < 1.29 is 4.79 Å². The van der Waals surface area contributed by atoms with Crippen molar-refractivity contribution in [2.75, 3.05) is 26.7 Å². The van der Waals surface area contributed by atoms with Crippen LogP contribution in [0.25, 0.3) is 0 Å². The van der Waals surface area contributed by atoms with Gasteiger partial charge in [-0.25, -0.2) is 0 Å². The van der Waals surface area contributed by atoms with Crippen molar-refractivity contribution in [2.45, 2.75) is 19.3 Å². The molecule has 1 aliphatic rings. The first-order valence-electron chi connectivity index (χ1n) is 4.84. The molecule has 0 saturated carbocycles. The normalized spacial score (nSPS) is 18.0. The first-order valence-corrected chi connectivity index (χ1v) is 4.84. The molecular weight excluding hydrogens is 164 g/mol. The standard InChI is InChI=1S/C9H15NO.CH5N/c11-9-5-4-8-10-6-2-1-3-7-10;1-2/h4-5,9H,1-3,6-8H2;2H2,1H3/b5-4+;. The summed E-state index contributed by atoms with van der Waals surface area (Å²) in [5, 5.41) is 0. The van der Waals surface area contributed by atoms with Gasteiger partial charge in [0.05, 0.1) is 0 Å². The Balaban J connectivity index is 0.000000671. The van der Waals surface area contributed by atoms with Crippen LogP contribution in [0.15, 0.2) is 12.2 Å². The molecule has 0 aromatic heterocycles. The highest BCUT2D eigenvalue weighted by Gasteiger charge is 2.06. The van der Waals surface area contributed by atoms with Gasteiger partial charge in [-0.2, -0.15) is 0 Å². The summed E-state index contributed by atoms with van der Waals surface area (Å²) in [6.07, 6.45) is 8.34. The number of nitrogens with zero attached hydrogens (tertiary/aromatic N) is 1. The van der Waals surface area contributed by atoms with Crippen LogP contribution in [0.4, 0.5) is 0 Å². The highest BCUT2D eigenvalue weighted by Crippen LogP contribution is 2.07. The molecule has 1 saturated heterocycles. The Labute approximate surface area is 80.6 Å². The summed E-state index contributed by atoms with van der Waals surface area (Å²) >= 11 is 0. The quantitative estimate of drug-likeness (QED) is 0.521. The zero-order valence-electron chi connectivity index (χ0n) is 8.41. The van der Waals surface area contributed by atoms with Gasteiger partial charge in [-0.15, -0.1) is 0 Å². The van der Waals surface area contributed by atoms with Crippen molar-refractivity contribution >= 4 is 6.29 Å². The molecule has 2 N–H and O–H groups in total. The van der Waals surface area contributed by atoms with Gasteiger partial charge in [-0.05, 0) is 39.1 Å². The third-order valence-corrected chi connectivity index (χ3v) is 2.03. The summed E-state index contributed by atoms with van der Waals surface area (Å²) in [7, 11) is 1.50. The van der Waals surface area contributed by atoms with Gasteiger partial charge < -0.3 is 5.73 Å². The van der Waals surface area contributed by atoms with Crippen LogP contribution in [0, 0.1) is 0 Å². The molecule has 0 unspecified atom stereocenters. The summed E-state index contributed by atoms with van der Waals surface area (Å²) in [6.45, 7) is 3.34. The molecule has 0 atom stereocenters. The van der Waals surface area contributed by atoms with Crippen LogP contribution in [0.2, 0.25) is 0 Å². The first kappa shape index (κ1) is 12.3. The fraction of sp³-hybridized carbons (Fsp3) is 0.700. The van der Waals surface area contributed by atoms with Crippen molar-refractivity contribution in [1.29, 1.82) is 0 Å². The second-order valence-electron chi connectivity index (χ2n) is 2.93. The van der Waals surface area contributed by atoms with Gasteiger partial charge >= 0.3 is 0 Å². The fourth-order valence-corrected chi connectivity index (χ4v) is 1.41. The van der Waals surface area contributed by atoms with Crippen molar-refractivity contribution in [3.63, 3.8) is 0 Å². The van der Waals surface area contributed by atoms with Gasteiger partial charge in [0.25, 0.3) is 0 Å². The zero-order valence-corrected chi connectivity index (χ0v) is 8.41. The van der Waals surface area contributed by atoms with Gasteiger partial charge in [-0.3, -0.25) is 9.69 Å². The molecule has 3 nitrogen and oxygen atoms in total. The van der Waals surface area contributed by atoms with E-state index in [9.17, 15) is 4.79 Å². The van der Waals surface area contributed by atoms with Crippen molar-refractivity contribution in [3.8, 4) is 0 Å². The van der Waals surface area contributed by atoms with Crippen LogP contribution >= 0.6 is 0 Å². The maximum Gasteiger partial charge on any atom is 0.142 e. The number of hydrogen-bond acceptors (Lipinski definition) is 3. The number of rotatable bonds is 3. The van der Waals surface area contributed by atoms with Crippen molar-refractivity contribution in [2.24, 2.45) is 5.73 Å². The SMILES string of the molecule is CN.O=C/C=C/CN1CCCCC1. The van der Waals surface area contributed by atoms with E-state index in [4.69, 9.17) is 0 Å². The highest BCUT2D eigenvalue weighted by atomic mass is 16.1. The maximum atomic E-state index is 9.94. The monoisotopic (exact) mass is 184 g/mol. The molecule has 0 spiro atoms. The molecule has 1 rings (SSSR count). The van der Waals surface area contributed by atoms with E-state index in [1.54, 1.807) is 6.08 Å². The second kappa shape index (κ2) is 9.42. The Morgan fingerprint density at radius 3 is 2.38 bits per heavy atom. The van der Waals surface area contributed by atoms with Gasteiger partial charge in [-0.1, -0.05) is 12.5 Å². The van der Waals surface area contributed by atoms with E-state index in [-0.39, 0.29) is 0 Å². The third kappa shape index (κ3) is 6.49. The average Bonchev–Trinajstić information content (AvgIpc) is 2.23. The smallest absolute Gasteiger partial charge is 0.142 e. The molecule has 0 aliphatic carbocycles. The molecule has 0 amide bonds. The molecule has 0 bridgehead atoms. The Kier molecular flexibility index (Phi) is 8.93. The van der Waals surface area contributed by atoms with Crippen LogP contribution in [-0.4, -0.2) is 37.9 Å². The van der Waals surface area contributed by atoms with E-state index in [2.05, 4.69) is 10.6 Å². The number of likely N-dealkylation sites (tertiary alicyclic amines) is 1. The molecule has 1 fully saturated rings. The minimum Gasteiger partial charge on any atom is -0.333 e. The predicted molar refractivity (Wildman–Crippen MR) is 55.6 cm³/mol. The molecule has 0 aromatic carbocycles. The minimum absolute atomic E-state index is 0.837. The highest BCUT2D eigenvalue weighted by molar-refractivity contribution is 5.64. The van der Waals surface area contributed by atoms with E-state index in [1.807, 2.05) is 6.08 Å². The van der Waals surface area contributed by atoms with E-state index in [0.29, 0.717) is 0 Å². The molecule has 76 valence electrons. The largest absolute Gasteiger partial charge is 0.333 e. The minimum atomic E-state index is 0.837. The fourth-order valence-electron chi connectivity index (χ4n) is 1.41.